The molecule has 1 nitrogen and oxygen atoms in total. The summed E-state index contributed by atoms with van der Waals surface area (Å²) in [5.74, 6) is 0. The molecule has 0 aliphatic rings. The summed E-state index contributed by atoms with van der Waals surface area (Å²) in [6, 6.07) is 39.7. The minimum atomic E-state index is -3.28. The van der Waals surface area contributed by atoms with Gasteiger partial charge in [0.25, 0.3) is 0 Å². The average Bonchev–Trinajstić information content (AvgIpc) is 2.85. The molecule has 1 N–H and O–H groups in total. The zero-order chi connectivity index (χ0) is 21.9. The molecule has 0 spiro atoms. The van der Waals surface area contributed by atoms with Crippen LogP contribution in [0, 0.1) is 0 Å². The van der Waals surface area contributed by atoms with Crippen molar-refractivity contribution in [1.29, 1.82) is 0 Å². The van der Waals surface area contributed by atoms with E-state index in [1.807, 2.05) is 42.5 Å². The van der Waals surface area contributed by atoms with Crippen molar-refractivity contribution in [2.75, 3.05) is 0 Å². The van der Waals surface area contributed by atoms with E-state index in [2.05, 4.69) is 111 Å². The number of benzene rings is 4. The SMILES string of the molecule is CC(C(O)c1ccccc1Br)P(Br)(c1ccccc1)(c1ccccc1)c1ccccc1. The fourth-order valence-corrected chi connectivity index (χ4v) is 13.1. The van der Waals surface area contributed by atoms with Gasteiger partial charge in [-0.15, -0.1) is 0 Å². The Morgan fingerprint density at radius 1 is 0.613 bits per heavy atom. The standard InChI is InChI=1S/C27H25Br2OP/c1-21(27(30)25-19-11-12-20-26(25)28)31(29,22-13-5-2-6-14-22,23-15-7-3-8-16-23)24-17-9-4-10-18-24/h2-21,27,30H,1H3. The Labute approximate surface area is 201 Å². The summed E-state index contributed by atoms with van der Waals surface area (Å²) in [4.78, 5) is 0. The van der Waals surface area contributed by atoms with E-state index >= 15 is 0 Å². The molecule has 31 heavy (non-hydrogen) atoms. The van der Waals surface area contributed by atoms with Gasteiger partial charge in [-0.2, -0.15) is 0 Å². The van der Waals surface area contributed by atoms with E-state index in [0.29, 0.717) is 0 Å². The van der Waals surface area contributed by atoms with Crippen molar-refractivity contribution in [2.45, 2.75) is 18.7 Å². The fourth-order valence-electron chi connectivity index (χ4n) is 4.55. The Hall–Kier alpha value is -1.77. The van der Waals surface area contributed by atoms with E-state index in [0.717, 1.165) is 10.0 Å². The summed E-state index contributed by atoms with van der Waals surface area (Å²) in [6.45, 7) is 2.17. The van der Waals surface area contributed by atoms with Gasteiger partial charge in [-0.3, -0.25) is 0 Å². The molecule has 4 aromatic carbocycles. The molecule has 0 amide bonds. The van der Waals surface area contributed by atoms with Gasteiger partial charge in [0.05, 0.1) is 0 Å². The van der Waals surface area contributed by atoms with Crippen LogP contribution in [0.3, 0.4) is 0 Å². The van der Waals surface area contributed by atoms with E-state index in [1.165, 1.54) is 15.9 Å². The van der Waals surface area contributed by atoms with E-state index in [9.17, 15) is 5.11 Å². The van der Waals surface area contributed by atoms with E-state index in [-0.39, 0.29) is 5.66 Å². The molecule has 0 fully saturated rings. The van der Waals surface area contributed by atoms with Crippen molar-refractivity contribution in [3.8, 4) is 0 Å². The number of hydrogen-bond acceptors (Lipinski definition) is 1. The third kappa shape index (κ3) is 3.62. The number of halogens is 2. The molecule has 0 aliphatic heterocycles. The van der Waals surface area contributed by atoms with Gasteiger partial charge in [0, 0.05) is 0 Å². The Morgan fingerprint density at radius 2 is 0.968 bits per heavy atom. The zero-order valence-corrected chi connectivity index (χ0v) is 21.3. The van der Waals surface area contributed by atoms with Crippen LogP contribution >= 0.6 is 36.7 Å². The maximum absolute atomic E-state index is 11.8. The van der Waals surface area contributed by atoms with E-state index in [4.69, 9.17) is 0 Å². The molecular weight excluding hydrogens is 531 g/mol. The van der Waals surface area contributed by atoms with Crippen LogP contribution in [0.15, 0.2) is 120 Å². The van der Waals surface area contributed by atoms with Crippen LogP contribution in [0.4, 0.5) is 0 Å². The van der Waals surface area contributed by atoms with Crippen molar-refractivity contribution < 1.29 is 5.11 Å². The molecule has 0 bridgehead atoms. The summed E-state index contributed by atoms with van der Waals surface area (Å²) >= 11 is 8.12. The van der Waals surface area contributed by atoms with Crippen molar-refractivity contribution in [3.63, 3.8) is 0 Å². The van der Waals surface area contributed by atoms with E-state index < -0.39 is 11.4 Å². The fraction of sp³-hybridized carbons (Fsp3) is 0.111. The van der Waals surface area contributed by atoms with Crippen LogP contribution in [0.1, 0.15) is 18.6 Å². The maximum atomic E-state index is 11.8. The van der Waals surface area contributed by atoms with Crippen molar-refractivity contribution in [1.82, 2.24) is 0 Å². The predicted molar refractivity (Wildman–Crippen MR) is 143 cm³/mol. The van der Waals surface area contributed by atoms with Gasteiger partial charge in [-0.25, -0.2) is 0 Å². The van der Waals surface area contributed by atoms with Crippen molar-refractivity contribution >= 4 is 52.6 Å². The summed E-state index contributed by atoms with van der Waals surface area (Å²) in [7, 11) is 0. The number of aliphatic hydroxyl groups excluding tert-OH is 1. The molecule has 0 radical (unpaired) electrons. The van der Waals surface area contributed by atoms with Crippen molar-refractivity contribution in [3.05, 3.63) is 125 Å². The first-order valence-electron chi connectivity index (χ1n) is 10.3. The van der Waals surface area contributed by atoms with Gasteiger partial charge in [-0.1, -0.05) is 0 Å². The van der Waals surface area contributed by atoms with Crippen LogP contribution < -0.4 is 15.9 Å². The third-order valence-electron chi connectivity index (χ3n) is 6.23. The van der Waals surface area contributed by atoms with Crippen molar-refractivity contribution in [2.24, 2.45) is 0 Å². The molecule has 0 aromatic heterocycles. The first-order chi connectivity index (χ1) is 15.0. The Morgan fingerprint density at radius 3 is 1.35 bits per heavy atom. The minimum absolute atomic E-state index is 0.142. The molecular formula is C27H25Br2OP. The summed E-state index contributed by atoms with van der Waals surface area (Å²) in [5.41, 5.74) is 0.753. The molecule has 2 atom stereocenters. The van der Waals surface area contributed by atoms with Crippen LogP contribution in [0.5, 0.6) is 0 Å². The third-order valence-corrected chi connectivity index (χ3v) is 18.3. The molecule has 2 unspecified atom stereocenters. The van der Waals surface area contributed by atoms with Gasteiger partial charge in [0.15, 0.2) is 0 Å². The normalized spacial score (nSPS) is 14.9. The van der Waals surface area contributed by atoms with Gasteiger partial charge in [-0.05, 0) is 0 Å². The molecule has 158 valence electrons. The second kappa shape index (κ2) is 9.00. The zero-order valence-electron chi connectivity index (χ0n) is 17.3. The molecule has 0 heterocycles. The summed E-state index contributed by atoms with van der Waals surface area (Å²) in [5, 5.41) is 12.1. The van der Waals surface area contributed by atoms with Crippen LogP contribution in [-0.2, 0) is 0 Å². The number of aliphatic hydroxyl groups is 1. The van der Waals surface area contributed by atoms with Gasteiger partial charge >= 0.3 is 202 Å². The average molecular weight is 556 g/mol. The van der Waals surface area contributed by atoms with Crippen LogP contribution in [-0.4, -0.2) is 10.8 Å². The molecule has 4 aromatic rings. The molecule has 4 heteroatoms. The summed E-state index contributed by atoms with van der Waals surface area (Å²) < 4.78 is 0.918. The second-order valence-electron chi connectivity index (χ2n) is 7.79. The second-order valence-corrected chi connectivity index (χ2v) is 17.6. The first kappa shape index (κ1) is 22.4. The summed E-state index contributed by atoms with van der Waals surface area (Å²) in [6.07, 6.45) is -0.687. The number of hydrogen-bond donors (Lipinski definition) is 1. The molecule has 0 saturated heterocycles. The van der Waals surface area contributed by atoms with Crippen LogP contribution in [0.2, 0.25) is 0 Å². The van der Waals surface area contributed by atoms with Crippen LogP contribution in [0.25, 0.3) is 0 Å². The Kier molecular flexibility index (Phi) is 6.51. The predicted octanol–water partition coefficient (Wildman–Crippen LogP) is 6.71. The van der Waals surface area contributed by atoms with E-state index in [1.54, 1.807) is 0 Å². The molecule has 0 aliphatic carbocycles. The molecule has 4 rings (SSSR count). The monoisotopic (exact) mass is 554 g/mol. The van der Waals surface area contributed by atoms with Gasteiger partial charge < -0.3 is 0 Å². The van der Waals surface area contributed by atoms with Gasteiger partial charge in [0.1, 0.15) is 0 Å². The Bertz CT molecular complexity index is 1050. The van der Waals surface area contributed by atoms with Gasteiger partial charge in [0.2, 0.25) is 0 Å². The topological polar surface area (TPSA) is 20.2 Å². The molecule has 0 saturated carbocycles. The number of rotatable bonds is 6. The Balaban J connectivity index is 2.09. The quantitative estimate of drug-likeness (QED) is 0.262. The first-order valence-corrected chi connectivity index (χ1v) is 15.4.